The largest absolute Gasteiger partial charge is 0.281 e. The van der Waals surface area contributed by atoms with Crippen molar-refractivity contribution in [3.8, 4) is 0 Å². The van der Waals surface area contributed by atoms with Crippen molar-refractivity contribution in [3.05, 3.63) is 252 Å². The van der Waals surface area contributed by atoms with E-state index in [2.05, 4.69) is 0 Å². The number of carbonyl (C=O) groups is 1. The first-order valence-corrected chi connectivity index (χ1v) is 23.0. The van der Waals surface area contributed by atoms with Crippen molar-refractivity contribution in [2.45, 2.75) is 27.7 Å². The summed E-state index contributed by atoms with van der Waals surface area (Å²) in [5.74, 6) is -0.148. The van der Waals surface area contributed by atoms with Gasteiger partial charge >= 0.3 is 0 Å². The van der Waals surface area contributed by atoms with Gasteiger partial charge < -0.3 is 0 Å². The minimum atomic E-state index is -0.641. The van der Waals surface area contributed by atoms with Crippen LogP contribution in [-0.4, -0.2) is 35.7 Å². The average Bonchev–Trinajstić information content (AvgIpc) is 3.40. The van der Waals surface area contributed by atoms with Gasteiger partial charge in [0.1, 0.15) is 0 Å². The zero-order valence-corrected chi connectivity index (χ0v) is 39.2. The summed E-state index contributed by atoms with van der Waals surface area (Å²) in [6.07, 6.45) is 0. The van der Waals surface area contributed by atoms with Crippen LogP contribution in [0.4, 0.5) is 69.3 Å². The van der Waals surface area contributed by atoms with Crippen molar-refractivity contribution >= 4 is 75.1 Å². The fourth-order valence-corrected chi connectivity index (χ4v) is 8.01. The predicted octanol–water partition coefficient (Wildman–Crippen LogP) is 14.4. The molecule has 0 spiro atoms. The van der Waals surface area contributed by atoms with Gasteiger partial charge in [-0.25, -0.2) is 0 Å². The minimum absolute atomic E-state index is 0.174. The molecule has 2 heterocycles. The number of hydrogen-bond donors (Lipinski definition) is 0. The van der Waals surface area contributed by atoms with Gasteiger partial charge in [-0.1, -0.05) is 144 Å². The number of ketones is 1. The predicted molar refractivity (Wildman–Crippen MR) is 281 cm³/mol. The first-order chi connectivity index (χ1) is 34.3. The van der Waals surface area contributed by atoms with Crippen molar-refractivity contribution < 1.29 is 4.79 Å². The molecule has 0 aliphatic carbocycles. The average molecular weight is 913 g/mol. The molecule has 11 nitrogen and oxygen atoms in total. The third-order valence-electron chi connectivity index (χ3n) is 11.7. The van der Waals surface area contributed by atoms with Gasteiger partial charge in [-0.15, -0.1) is 0 Å². The van der Waals surface area contributed by atoms with Crippen LogP contribution in [0, 0.1) is 27.7 Å². The van der Waals surface area contributed by atoms with Gasteiger partial charge in [0.25, 0.3) is 5.78 Å². The SMILES string of the molecule is Cc1ccc(N(c2ccccc2)c2nc(C(=O)c3nc(N(c4ccccc4)c4ccc(C)cc4)nc(N(c4ccccc4)c4ccc(C)cc4)n3)nc(N(c3ccccc3)c3ccc(C)cc3)n2)cc1. The van der Waals surface area contributed by atoms with Crippen molar-refractivity contribution in [3.63, 3.8) is 0 Å². The van der Waals surface area contributed by atoms with Crippen LogP contribution in [0.25, 0.3) is 0 Å². The van der Waals surface area contributed by atoms with Gasteiger partial charge in [-0.3, -0.25) is 24.4 Å². The zero-order chi connectivity index (χ0) is 48.0. The second kappa shape index (κ2) is 19.9. The van der Waals surface area contributed by atoms with E-state index in [1.54, 1.807) is 0 Å². The number of aryl methyl sites for hydroxylation is 4. The van der Waals surface area contributed by atoms with E-state index < -0.39 is 5.78 Å². The zero-order valence-electron chi connectivity index (χ0n) is 39.2. The van der Waals surface area contributed by atoms with Crippen LogP contribution in [0.1, 0.15) is 38.7 Å². The molecular formula is C59H48N10O. The molecule has 8 aromatic carbocycles. The van der Waals surface area contributed by atoms with Crippen LogP contribution in [0.3, 0.4) is 0 Å². The monoisotopic (exact) mass is 912 g/mol. The number of benzene rings is 8. The molecule has 0 aliphatic heterocycles. The number of rotatable bonds is 14. The van der Waals surface area contributed by atoms with Crippen molar-refractivity contribution in [2.75, 3.05) is 19.6 Å². The maximum absolute atomic E-state index is 15.8. The molecule has 0 amide bonds. The Morgan fingerprint density at radius 2 is 0.443 bits per heavy atom. The van der Waals surface area contributed by atoms with E-state index in [1.807, 2.05) is 266 Å². The lowest BCUT2D eigenvalue weighted by Crippen LogP contribution is -2.24. The van der Waals surface area contributed by atoms with Crippen LogP contribution >= 0.6 is 0 Å². The summed E-state index contributed by atoms with van der Waals surface area (Å²) >= 11 is 0. The van der Waals surface area contributed by atoms with Crippen molar-refractivity contribution in [2.24, 2.45) is 0 Å². The highest BCUT2D eigenvalue weighted by molar-refractivity contribution is 6.05. The molecule has 340 valence electrons. The number of para-hydroxylation sites is 4. The summed E-state index contributed by atoms with van der Waals surface area (Å²) in [7, 11) is 0. The number of carbonyl (C=O) groups excluding carboxylic acids is 1. The summed E-state index contributed by atoms with van der Waals surface area (Å²) in [5.41, 5.74) is 10.6. The smallest absolute Gasteiger partial charge is 0.267 e. The fraction of sp³-hybridized carbons (Fsp3) is 0.0678. The molecule has 2 aromatic heterocycles. The molecule has 0 bridgehead atoms. The highest BCUT2D eigenvalue weighted by Gasteiger charge is 2.30. The standard InChI is InChI=1S/C59H48N10O/c1-41-25-33-49(34-26-41)66(45-17-9-5-10-18-45)56-60-54(61-57(64-56)67(46-19-11-6-12-20-46)50-35-27-42(2)28-36-50)53(70)55-62-58(68(47-21-13-7-14-22-47)51-37-29-43(3)30-38-51)65-59(63-55)69(48-23-15-8-16-24-48)52-39-31-44(4)32-40-52/h5-40H,1-4H3. The van der Waals surface area contributed by atoms with Crippen LogP contribution < -0.4 is 19.6 Å². The van der Waals surface area contributed by atoms with E-state index in [4.69, 9.17) is 29.9 Å². The summed E-state index contributed by atoms with van der Waals surface area (Å²) in [4.78, 5) is 54.3. The molecule has 0 aliphatic rings. The lowest BCUT2D eigenvalue weighted by Gasteiger charge is -2.28. The van der Waals surface area contributed by atoms with Gasteiger partial charge in [-0.2, -0.15) is 29.9 Å². The molecule has 0 radical (unpaired) electrons. The summed E-state index contributed by atoms with van der Waals surface area (Å²) in [6, 6.07) is 71.8. The third-order valence-corrected chi connectivity index (χ3v) is 11.7. The summed E-state index contributed by atoms with van der Waals surface area (Å²) in [5, 5.41) is 0. The second-order valence-corrected chi connectivity index (χ2v) is 16.9. The lowest BCUT2D eigenvalue weighted by molar-refractivity contribution is 0.101. The molecule has 0 N–H and O–H groups in total. The van der Waals surface area contributed by atoms with Crippen molar-refractivity contribution in [1.82, 2.24) is 29.9 Å². The van der Waals surface area contributed by atoms with Gasteiger partial charge in [0, 0.05) is 45.5 Å². The molecule has 0 unspecified atom stereocenters. The molecule has 10 rings (SSSR count). The Morgan fingerprint density at radius 3 is 0.643 bits per heavy atom. The second-order valence-electron chi connectivity index (χ2n) is 16.9. The molecule has 0 saturated carbocycles. The van der Waals surface area contributed by atoms with Gasteiger partial charge in [0.15, 0.2) is 0 Å². The molecule has 0 atom stereocenters. The summed E-state index contributed by atoms with van der Waals surface area (Å²) < 4.78 is 0. The molecule has 0 saturated heterocycles. The quantitative estimate of drug-likeness (QED) is 0.0973. The van der Waals surface area contributed by atoms with Crippen LogP contribution in [-0.2, 0) is 0 Å². The Balaban J connectivity index is 1.24. The third kappa shape index (κ3) is 9.58. The highest BCUT2D eigenvalue weighted by atomic mass is 16.1. The normalized spacial score (nSPS) is 10.9. The molecule has 10 aromatic rings. The Hall–Kier alpha value is -9.35. The van der Waals surface area contributed by atoms with Crippen LogP contribution in [0.5, 0.6) is 0 Å². The van der Waals surface area contributed by atoms with Gasteiger partial charge in [0.2, 0.25) is 35.4 Å². The molecule has 11 heteroatoms. The Kier molecular flexibility index (Phi) is 12.6. The van der Waals surface area contributed by atoms with Gasteiger partial charge in [0.05, 0.1) is 0 Å². The fourth-order valence-electron chi connectivity index (χ4n) is 8.01. The first kappa shape index (κ1) is 44.5. The van der Waals surface area contributed by atoms with Gasteiger partial charge in [-0.05, 0) is 125 Å². The van der Waals surface area contributed by atoms with E-state index in [9.17, 15) is 0 Å². The minimum Gasteiger partial charge on any atom is -0.281 e. The van der Waals surface area contributed by atoms with E-state index in [0.29, 0.717) is 0 Å². The topological polar surface area (TPSA) is 107 Å². The maximum Gasteiger partial charge on any atom is 0.267 e. The van der Waals surface area contributed by atoms with Crippen LogP contribution in [0.15, 0.2) is 218 Å². The lowest BCUT2D eigenvalue weighted by atomic mass is 10.2. The first-order valence-electron chi connectivity index (χ1n) is 23.0. The maximum atomic E-state index is 15.8. The number of anilines is 12. The highest BCUT2D eigenvalue weighted by Crippen LogP contribution is 2.39. The Labute approximate surface area is 407 Å². The molecule has 0 fully saturated rings. The van der Waals surface area contributed by atoms with E-state index >= 15 is 4.79 Å². The summed E-state index contributed by atoms with van der Waals surface area (Å²) in [6.45, 7) is 8.17. The Morgan fingerprint density at radius 1 is 0.257 bits per heavy atom. The van der Waals surface area contributed by atoms with Crippen LogP contribution in [0.2, 0.25) is 0 Å². The van der Waals surface area contributed by atoms with Crippen molar-refractivity contribution in [1.29, 1.82) is 0 Å². The van der Waals surface area contributed by atoms with E-state index in [0.717, 1.165) is 67.8 Å². The molecule has 70 heavy (non-hydrogen) atoms. The number of hydrogen-bond acceptors (Lipinski definition) is 11. The number of aromatic nitrogens is 6. The molecular weight excluding hydrogens is 865 g/mol. The van der Waals surface area contributed by atoms with E-state index in [-0.39, 0.29) is 35.4 Å². The number of nitrogens with zero attached hydrogens (tertiary/aromatic N) is 10. The van der Waals surface area contributed by atoms with E-state index in [1.165, 1.54) is 0 Å². The Bertz CT molecular complexity index is 2920.